The summed E-state index contributed by atoms with van der Waals surface area (Å²) in [7, 11) is 0. The number of pyridine rings is 1. The summed E-state index contributed by atoms with van der Waals surface area (Å²) in [5.41, 5.74) is 5.18. The SMILES string of the molecule is Cc1nc2nc(Nc3sc(-c4c(F)cc(C(C)(C)O)cc4F)cc3C(N)=O)ccc2[nH]1. The lowest BCUT2D eigenvalue weighted by atomic mass is 9.96. The number of imidazole rings is 1. The Morgan fingerprint density at radius 3 is 2.48 bits per heavy atom. The van der Waals surface area contributed by atoms with E-state index in [-0.39, 0.29) is 21.6 Å². The molecule has 3 aromatic heterocycles. The Bertz CT molecular complexity index is 1300. The number of aliphatic hydroxyl groups is 1. The number of thiophene rings is 1. The van der Waals surface area contributed by atoms with Gasteiger partial charge in [-0.1, -0.05) is 0 Å². The van der Waals surface area contributed by atoms with E-state index in [1.807, 2.05) is 0 Å². The average Bonchev–Trinajstić information content (AvgIpc) is 3.22. The third-order valence-corrected chi connectivity index (χ3v) is 5.77. The molecule has 0 aliphatic rings. The fraction of sp³-hybridized carbons (Fsp3) is 0.190. The van der Waals surface area contributed by atoms with Crippen LogP contribution in [-0.4, -0.2) is 26.0 Å². The van der Waals surface area contributed by atoms with E-state index in [1.165, 1.54) is 19.9 Å². The lowest BCUT2D eigenvalue weighted by Crippen LogP contribution is -2.16. The van der Waals surface area contributed by atoms with E-state index in [9.17, 15) is 18.7 Å². The first-order valence-corrected chi connectivity index (χ1v) is 10.1. The molecule has 0 spiro atoms. The summed E-state index contributed by atoms with van der Waals surface area (Å²) in [5.74, 6) is -1.36. The van der Waals surface area contributed by atoms with Crippen molar-refractivity contribution in [1.82, 2.24) is 15.0 Å². The molecular weight excluding hydrogens is 424 g/mol. The number of rotatable bonds is 5. The molecule has 0 bridgehead atoms. The van der Waals surface area contributed by atoms with Crippen molar-refractivity contribution in [2.75, 3.05) is 5.32 Å². The molecule has 1 amide bonds. The molecule has 31 heavy (non-hydrogen) atoms. The van der Waals surface area contributed by atoms with E-state index in [0.29, 0.717) is 22.3 Å². The van der Waals surface area contributed by atoms with Gasteiger partial charge in [0.05, 0.1) is 22.2 Å². The molecule has 5 N–H and O–H groups in total. The van der Waals surface area contributed by atoms with Gasteiger partial charge in [0.25, 0.3) is 5.91 Å². The van der Waals surface area contributed by atoms with E-state index >= 15 is 0 Å². The van der Waals surface area contributed by atoms with Gasteiger partial charge >= 0.3 is 0 Å². The molecule has 160 valence electrons. The van der Waals surface area contributed by atoms with E-state index in [0.717, 1.165) is 29.0 Å². The molecule has 0 aliphatic heterocycles. The van der Waals surface area contributed by atoms with Gasteiger partial charge in [-0.3, -0.25) is 4.79 Å². The number of anilines is 2. The lowest BCUT2D eigenvalue weighted by molar-refractivity contribution is 0.0778. The molecule has 4 rings (SSSR count). The second-order valence-electron chi connectivity index (χ2n) is 7.61. The standard InChI is InChI=1S/C21H19F2N5O2S/c1-9-25-14-4-5-16(27-19(14)26-9)28-20-11(18(24)29)8-15(31-20)17-12(22)6-10(7-13(17)23)21(2,3)30/h4-8,30H,1-3H3,(H2,24,29)(H2,25,26,27,28). The smallest absolute Gasteiger partial charge is 0.251 e. The number of halogens is 2. The summed E-state index contributed by atoms with van der Waals surface area (Å²) < 4.78 is 29.5. The number of carbonyl (C=O) groups excluding carboxylic acids is 1. The zero-order chi connectivity index (χ0) is 22.5. The van der Waals surface area contributed by atoms with Crippen LogP contribution < -0.4 is 11.1 Å². The van der Waals surface area contributed by atoms with Crippen LogP contribution in [0, 0.1) is 18.6 Å². The van der Waals surface area contributed by atoms with Gasteiger partial charge in [0.1, 0.15) is 28.3 Å². The minimum absolute atomic E-state index is 0.0745. The Hall–Kier alpha value is -3.37. The third kappa shape index (κ3) is 3.99. The quantitative estimate of drug-likeness (QED) is 0.366. The number of aromatic amines is 1. The molecule has 0 saturated carbocycles. The Kier molecular flexibility index (Phi) is 4.98. The van der Waals surface area contributed by atoms with Gasteiger partial charge in [0.15, 0.2) is 5.65 Å². The van der Waals surface area contributed by atoms with Crippen molar-refractivity contribution in [3.8, 4) is 10.4 Å². The molecule has 0 saturated heterocycles. The summed E-state index contributed by atoms with van der Waals surface area (Å²) >= 11 is 0.965. The molecule has 4 aromatic rings. The van der Waals surface area contributed by atoms with Gasteiger partial charge in [-0.25, -0.2) is 18.7 Å². The number of nitrogens with two attached hydrogens (primary N) is 1. The minimum Gasteiger partial charge on any atom is -0.386 e. The Morgan fingerprint density at radius 2 is 1.87 bits per heavy atom. The van der Waals surface area contributed by atoms with E-state index in [1.54, 1.807) is 19.1 Å². The highest BCUT2D eigenvalue weighted by molar-refractivity contribution is 7.20. The summed E-state index contributed by atoms with van der Waals surface area (Å²) in [6.07, 6.45) is 0. The summed E-state index contributed by atoms with van der Waals surface area (Å²) in [6, 6.07) is 6.94. The predicted molar refractivity (Wildman–Crippen MR) is 115 cm³/mol. The number of aryl methyl sites for hydroxylation is 1. The number of nitrogens with zero attached hydrogens (tertiary/aromatic N) is 2. The summed E-state index contributed by atoms with van der Waals surface area (Å²) in [5, 5.41) is 13.3. The van der Waals surface area contributed by atoms with Crippen molar-refractivity contribution < 1.29 is 18.7 Å². The van der Waals surface area contributed by atoms with Gasteiger partial charge in [-0.15, -0.1) is 11.3 Å². The highest BCUT2D eigenvalue weighted by Crippen LogP contribution is 2.40. The Morgan fingerprint density at radius 1 is 1.19 bits per heavy atom. The van der Waals surface area contributed by atoms with E-state index < -0.39 is 23.1 Å². The molecule has 10 heteroatoms. The second-order valence-corrected chi connectivity index (χ2v) is 8.66. The number of amides is 1. The normalized spacial score (nSPS) is 11.8. The highest BCUT2D eigenvalue weighted by Gasteiger charge is 2.24. The van der Waals surface area contributed by atoms with Crippen LogP contribution in [-0.2, 0) is 5.60 Å². The number of benzene rings is 1. The lowest BCUT2D eigenvalue weighted by Gasteiger charge is -2.18. The van der Waals surface area contributed by atoms with Crippen LogP contribution in [0.15, 0.2) is 30.3 Å². The van der Waals surface area contributed by atoms with E-state index in [2.05, 4.69) is 20.3 Å². The zero-order valence-corrected chi connectivity index (χ0v) is 17.7. The van der Waals surface area contributed by atoms with Crippen molar-refractivity contribution >= 4 is 39.2 Å². The first-order chi connectivity index (χ1) is 14.5. The van der Waals surface area contributed by atoms with Crippen molar-refractivity contribution in [2.24, 2.45) is 5.73 Å². The first kappa shape index (κ1) is 20.9. The van der Waals surface area contributed by atoms with Crippen LogP contribution in [0.3, 0.4) is 0 Å². The monoisotopic (exact) mass is 443 g/mol. The minimum atomic E-state index is -1.41. The highest BCUT2D eigenvalue weighted by atomic mass is 32.1. The molecule has 0 aliphatic carbocycles. The van der Waals surface area contributed by atoms with Crippen LogP contribution in [0.1, 0.15) is 35.6 Å². The average molecular weight is 443 g/mol. The van der Waals surface area contributed by atoms with Gasteiger partial charge < -0.3 is 21.1 Å². The number of primary amides is 1. The maximum atomic E-state index is 14.8. The third-order valence-electron chi connectivity index (χ3n) is 4.70. The summed E-state index contributed by atoms with van der Waals surface area (Å²) in [4.78, 5) is 23.8. The largest absolute Gasteiger partial charge is 0.386 e. The van der Waals surface area contributed by atoms with Crippen molar-refractivity contribution in [3.63, 3.8) is 0 Å². The number of nitrogens with one attached hydrogen (secondary N) is 2. The molecule has 0 radical (unpaired) electrons. The van der Waals surface area contributed by atoms with Crippen LogP contribution in [0.25, 0.3) is 21.6 Å². The van der Waals surface area contributed by atoms with Crippen LogP contribution in [0.4, 0.5) is 19.6 Å². The molecule has 1 aromatic carbocycles. The van der Waals surface area contributed by atoms with Gasteiger partial charge in [-0.05, 0) is 56.7 Å². The number of H-pyrrole nitrogens is 1. The van der Waals surface area contributed by atoms with E-state index in [4.69, 9.17) is 5.73 Å². The van der Waals surface area contributed by atoms with Crippen LogP contribution >= 0.6 is 11.3 Å². The number of carbonyl (C=O) groups is 1. The van der Waals surface area contributed by atoms with Crippen molar-refractivity contribution in [2.45, 2.75) is 26.4 Å². The fourth-order valence-electron chi connectivity index (χ4n) is 3.15. The van der Waals surface area contributed by atoms with Crippen molar-refractivity contribution in [3.05, 3.63) is 58.9 Å². The summed E-state index contributed by atoms with van der Waals surface area (Å²) in [6.45, 7) is 4.67. The van der Waals surface area contributed by atoms with Gasteiger partial charge in [-0.2, -0.15) is 0 Å². The molecule has 0 unspecified atom stereocenters. The molecular formula is C21H19F2N5O2S. The number of fused-ring (bicyclic) bond motifs is 1. The van der Waals surface area contributed by atoms with Crippen molar-refractivity contribution in [1.29, 1.82) is 0 Å². The van der Waals surface area contributed by atoms with Gasteiger partial charge in [0, 0.05) is 4.88 Å². The maximum absolute atomic E-state index is 14.8. The number of hydrogen-bond donors (Lipinski definition) is 4. The Balaban J connectivity index is 1.76. The molecule has 3 heterocycles. The number of aromatic nitrogens is 3. The first-order valence-electron chi connectivity index (χ1n) is 9.29. The topological polar surface area (TPSA) is 117 Å². The maximum Gasteiger partial charge on any atom is 0.251 e. The van der Waals surface area contributed by atoms with Gasteiger partial charge in [0.2, 0.25) is 0 Å². The second kappa shape index (κ2) is 7.40. The molecule has 7 nitrogen and oxygen atoms in total. The fourth-order valence-corrected chi connectivity index (χ4v) is 4.27. The molecule has 0 fully saturated rings. The zero-order valence-electron chi connectivity index (χ0n) is 16.9. The van der Waals surface area contributed by atoms with Crippen LogP contribution in [0.5, 0.6) is 0 Å². The van der Waals surface area contributed by atoms with Crippen LogP contribution in [0.2, 0.25) is 0 Å². The number of hydrogen-bond acceptors (Lipinski definition) is 6. The Labute approximate surface area is 180 Å². The molecule has 0 atom stereocenters. The predicted octanol–water partition coefficient (Wildman–Crippen LogP) is 4.34.